The minimum atomic E-state index is -0.919. The number of methoxy groups -OCH3 is 1. The molecule has 0 aliphatic carbocycles. The van der Waals surface area contributed by atoms with Gasteiger partial charge < -0.3 is 9.84 Å². The van der Waals surface area contributed by atoms with Gasteiger partial charge in [0.2, 0.25) is 0 Å². The number of aromatic nitrogens is 1. The molecule has 25 heavy (non-hydrogen) atoms. The van der Waals surface area contributed by atoms with Crippen molar-refractivity contribution in [1.29, 1.82) is 0 Å². The maximum absolute atomic E-state index is 11.7. The number of hydrogen-bond donors (Lipinski definition) is 1. The van der Waals surface area contributed by atoms with Crippen molar-refractivity contribution in [3.05, 3.63) is 58.8 Å². The van der Waals surface area contributed by atoms with Crippen molar-refractivity contribution in [3.8, 4) is 27.4 Å². The zero-order chi connectivity index (χ0) is 17.4. The number of thiophene rings is 2. The second-order valence-corrected chi connectivity index (χ2v) is 7.31. The Hall–Kier alpha value is -2.70. The van der Waals surface area contributed by atoms with Crippen LogP contribution in [0.4, 0.5) is 0 Å². The molecular weight excluding hydrogens is 354 g/mol. The minimum absolute atomic E-state index is 0.330. The number of hydrogen-bond acceptors (Lipinski definition) is 5. The molecule has 6 heteroatoms. The maximum atomic E-state index is 11.7. The van der Waals surface area contributed by atoms with Crippen LogP contribution >= 0.6 is 22.7 Å². The highest BCUT2D eigenvalue weighted by molar-refractivity contribution is 7.22. The van der Waals surface area contributed by atoms with Crippen molar-refractivity contribution < 1.29 is 14.6 Å². The lowest BCUT2D eigenvalue weighted by Crippen LogP contribution is -1.93. The van der Waals surface area contributed by atoms with E-state index in [1.165, 1.54) is 22.7 Å². The lowest BCUT2D eigenvalue weighted by atomic mass is 10.1. The van der Waals surface area contributed by atoms with Crippen LogP contribution in [-0.2, 0) is 0 Å². The highest BCUT2D eigenvalue weighted by atomic mass is 32.1. The van der Waals surface area contributed by atoms with Gasteiger partial charge in [-0.3, -0.25) is 0 Å². The number of carboxylic acids is 1. The fourth-order valence-corrected chi connectivity index (χ4v) is 4.60. The first kappa shape index (κ1) is 15.8. The number of ether oxygens (including phenoxy) is 1. The summed E-state index contributed by atoms with van der Waals surface area (Å²) in [5.41, 5.74) is 2.54. The zero-order valence-electron chi connectivity index (χ0n) is 13.2. The molecule has 0 aliphatic heterocycles. The first-order valence-electron chi connectivity index (χ1n) is 7.52. The number of fused-ring (bicyclic) bond motifs is 1. The molecule has 1 N–H and O–H groups in total. The van der Waals surface area contributed by atoms with Gasteiger partial charge in [0.05, 0.1) is 12.8 Å². The largest absolute Gasteiger partial charge is 0.497 e. The molecule has 0 radical (unpaired) electrons. The average Bonchev–Trinajstić information content (AvgIpc) is 3.28. The predicted molar refractivity (Wildman–Crippen MR) is 102 cm³/mol. The van der Waals surface area contributed by atoms with Crippen molar-refractivity contribution >= 4 is 38.9 Å². The molecular formula is C19H13NO3S2. The van der Waals surface area contributed by atoms with E-state index in [0.29, 0.717) is 4.88 Å². The molecule has 0 saturated carbocycles. The Kier molecular flexibility index (Phi) is 3.99. The first-order chi connectivity index (χ1) is 12.2. The number of pyridine rings is 1. The van der Waals surface area contributed by atoms with Crippen LogP contribution < -0.4 is 4.74 Å². The van der Waals surface area contributed by atoms with Gasteiger partial charge in [-0.1, -0.05) is 6.07 Å². The summed E-state index contributed by atoms with van der Waals surface area (Å²) >= 11 is 2.75. The molecule has 4 nitrogen and oxygen atoms in total. The van der Waals surface area contributed by atoms with E-state index < -0.39 is 5.97 Å². The van der Waals surface area contributed by atoms with Gasteiger partial charge in [-0.2, -0.15) is 0 Å². The van der Waals surface area contributed by atoms with Crippen molar-refractivity contribution in [3.63, 3.8) is 0 Å². The SMILES string of the molecule is COc1ccc(-c2ccc3c(-c4cccs4)c(C(=O)O)sc3n2)cc1. The topological polar surface area (TPSA) is 59.4 Å². The average molecular weight is 367 g/mol. The Morgan fingerprint density at radius 3 is 2.56 bits per heavy atom. The lowest BCUT2D eigenvalue weighted by Gasteiger charge is -2.04. The molecule has 3 heterocycles. The Morgan fingerprint density at radius 1 is 1.12 bits per heavy atom. The smallest absolute Gasteiger partial charge is 0.346 e. The van der Waals surface area contributed by atoms with Crippen LogP contribution in [0.2, 0.25) is 0 Å². The predicted octanol–water partition coefficient (Wildman–Crippen LogP) is 5.40. The minimum Gasteiger partial charge on any atom is -0.497 e. The van der Waals surface area contributed by atoms with Crippen LogP contribution in [-0.4, -0.2) is 23.2 Å². The Balaban J connectivity index is 1.88. The molecule has 124 valence electrons. The van der Waals surface area contributed by atoms with Gasteiger partial charge in [-0.25, -0.2) is 9.78 Å². The molecule has 4 aromatic rings. The molecule has 1 aromatic carbocycles. The van der Waals surface area contributed by atoms with E-state index in [2.05, 4.69) is 0 Å². The lowest BCUT2D eigenvalue weighted by molar-refractivity contribution is 0.0703. The van der Waals surface area contributed by atoms with E-state index in [1.54, 1.807) is 7.11 Å². The van der Waals surface area contributed by atoms with Crippen LogP contribution in [0.3, 0.4) is 0 Å². The molecule has 0 saturated heterocycles. The van der Waals surface area contributed by atoms with Gasteiger partial charge in [0.1, 0.15) is 15.5 Å². The Bertz CT molecular complexity index is 1050. The van der Waals surface area contributed by atoms with Crippen LogP contribution in [0.15, 0.2) is 53.9 Å². The van der Waals surface area contributed by atoms with Crippen molar-refractivity contribution in [2.24, 2.45) is 0 Å². The molecule has 4 rings (SSSR count). The normalized spacial score (nSPS) is 10.9. The second-order valence-electron chi connectivity index (χ2n) is 5.37. The highest BCUT2D eigenvalue weighted by Gasteiger charge is 2.21. The molecule has 0 aliphatic rings. The van der Waals surface area contributed by atoms with E-state index in [-0.39, 0.29) is 0 Å². The van der Waals surface area contributed by atoms with E-state index in [9.17, 15) is 9.90 Å². The third kappa shape index (κ3) is 2.79. The summed E-state index contributed by atoms with van der Waals surface area (Å²) in [6.45, 7) is 0. The van der Waals surface area contributed by atoms with Gasteiger partial charge in [-0.15, -0.1) is 22.7 Å². The van der Waals surface area contributed by atoms with Gasteiger partial charge in [0, 0.05) is 21.4 Å². The van der Waals surface area contributed by atoms with Crippen molar-refractivity contribution in [2.75, 3.05) is 7.11 Å². The summed E-state index contributed by atoms with van der Waals surface area (Å²) < 4.78 is 5.18. The second kappa shape index (κ2) is 6.31. The number of rotatable bonds is 4. The highest BCUT2D eigenvalue weighted by Crippen LogP contribution is 2.40. The van der Waals surface area contributed by atoms with Crippen LogP contribution in [0.1, 0.15) is 9.67 Å². The van der Waals surface area contributed by atoms with E-state index in [0.717, 1.165) is 37.7 Å². The molecule has 0 amide bonds. The fraction of sp³-hybridized carbons (Fsp3) is 0.0526. The van der Waals surface area contributed by atoms with Gasteiger partial charge in [-0.05, 0) is 47.8 Å². The number of nitrogens with zero attached hydrogens (tertiary/aromatic N) is 1. The summed E-state index contributed by atoms with van der Waals surface area (Å²) in [6.07, 6.45) is 0. The van der Waals surface area contributed by atoms with Crippen LogP contribution in [0, 0.1) is 0 Å². The summed E-state index contributed by atoms with van der Waals surface area (Å²) in [5, 5.41) is 12.4. The summed E-state index contributed by atoms with van der Waals surface area (Å²) in [6, 6.07) is 15.4. The summed E-state index contributed by atoms with van der Waals surface area (Å²) in [7, 11) is 1.63. The third-order valence-electron chi connectivity index (χ3n) is 3.90. The van der Waals surface area contributed by atoms with Gasteiger partial charge in [0.15, 0.2) is 0 Å². The van der Waals surface area contributed by atoms with Crippen molar-refractivity contribution in [1.82, 2.24) is 4.98 Å². The Labute approximate surface area is 152 Å². The van der Waals surface area contributed by atoms with E-state index in [1.807, 2.05) is 53.9 Å². The Morgan fingerprint density at radius 2 is 1.92 bits per heavy atom. The van der Waals surface area contributed by atoms with Gasteiger partial charge >= 0.3 is 5.97 Å². The number of carboxylic acid groups (broad SMARTS) is 1. The van der Waals surface area contributed by atoms with Crippen LogP contribution in [0.25, 0.3) is 31.9 Å². The third-order valence-corrected chi connectivity index (χ3v) is 5.88. The zero-order valence-corrected chi connectivity index (χ0v) is 14.9. The standard InChI is InChI=1S/C19H13NO3S2/c1-23-12-6-4-11(5-7-12)14-9-8-13-16(15-3-2-10-24-15)17(19(21)22)25-18(13)20-14/h2-10H,1H3,(H,21,22). The van der Waals surface area contributed by atoms with Crippen LogP contribution in [0.5, 0.6) is 5.75 Å². The maximum Gasteiger partial charge on any atom is 0.346 e. The number of aromatic carboxylic acids is 1. The first-order valence-corrected chi connectivity index (χ1v) is 9.22. The molecule has 3 aromatic heterocycles. The fourth-order valence-electron chi connectivity index (χ4n) is 2.72. The molecule has 0 atom stereocenters. The summed E-state index contributed by atoms with van der Waals surface area (Å²) in [5.74, 6) is -0.133. The molecule has 0 unspecified atom stereocenters. The van der Waals surface area contributed by atoms with Gasteiger partial charge in [0.25, 0.3) is 0 Å². The molecule has 0 bridgehead atoms. The number of benzene rings is 1. The van der Waals surface area contributed by atoms with Crippen molar-refractivity contribution in [2.45, 2.75) is 0 Å². The summed E-state index contributed by atoms with van der Waals surface area (Å²) in [4.78, 5) is 18.4. The van der Waals surface area contributed by atoms with E-state index >= 15 is 0 Å². The quantitative estimate of drug-likeness (QED) is 0.525. The monoisotopic (exact) mass is 367 g/mol. The van der Waals surface area contributed by atoms with E-state index in [4.69, 9.17) is 9.72 Å². The molecule has 0 spiro atoms. The molecule has 0 fully saturated rings. The number of carbonyl (C=O) groups is 1.